The van der Waals surface area contributed by atoms with Crippen molar-refractivity contribution < 1.29 is 17.6 Å². The number of hydrogen-bond donors (Lipinski definition) is 1. The molecule has 0 aliphatic carbocycles. The molecule has 3 rings (SSSR count). The monoisotopic (exact) mass is 456 g/mol. The summed E-state index contributed by atoms with van der Waals surface area (Å²) in [5, 5.41) is 2.61. The molecule has 0 bridgehead atoms. The number of carbonyl (C=O) groups is 1. The van der Waals surface area contributed by atoms with E-state index in [0.717, 1.165) is 0 Å². The number of imidazole rings is 1. The van der Waals surface area contributed by atoms with Crippen LogP contribution in [0.15, 0.2) is 65.8 Å². The van der Waals surface area contributed by atoms with Crippen molar-refractivity contribution >= 4 is 27.7 Å². The van der Waals surface area contributed by atoms with Crippen LogP contribution >= 0.6 is 0 Å². The molecule has 9 heteroatoms. The van der Waals surface area contributed by atoms with Crippen molar-refractivity contribution in [3.63, 3.8) is 0 Å². The van der Waals surface area contributed by atoms with Crippen LogP contribution in [0.3, 0.4) is 0 Å². The normalized spacial score (nSPS) is 11.9. The van der Waals surface area contributed by atoms with E-state index in [1.165, 1.54) is 28.6 Å². The van der Waals surface area contributed by atoms with E-state index in [1.807, 2.05) is 0 Å². The van der Waals surface area contributed by atoms with E-state index in [4.69, 9.17) is 0 Å². The van der Waals surface area contributed by atoms with Gasteiger partial charge in [0.2, 0.25) is 15.9 Å². The van der Waals surface area contributed by atoms with Gasteiger partial charge in [0.15, 0.2) is 0 Å². The van der Waals surface area contributed by atoms with Crippen molar-refractivity contribution in [2.45, 2.75) is 25.7 Å². The molecule has 2 aromatic carbocycles. The smallest absolute Gasteiger partial charge is 0.248 e. The Kier molecular flexibility index (Phi) is 7.22. The molecule has 0 spiro atoms. The number of rotatable bonds is 8. The average molecular weight is 457 g/mol. The van der Waals surface area contributed by atoms with Crippen LogP contribution in [0.4, 0.5) is 10.1 Å². The van der Waals surface area contributed by atoms with Gasteiger partial charge in [-0.2, -0.15) is 4.31 Å². The molecule has 168 valence electrons. The Morgan fingerprint density at radius 2 is 1.84 bits per heavy atom. The molecular weight excluding hydrogens is 431 g/mol. The molecule has 0 aliphatic rings. The molecule has 0 atom stereocenters. The molecule has 0 saturated heterocycles. The highest BCUT2D eigenvalue weighted by Gasteiger charge is 2.20. The summed E-state index contributed by atoms with van der Waals surface area (Å²) >= 11 is 0. The van der Waals surface area contributed by atoms with Crippen molar-refractivity contribution in [1.29, 1.82) is 0 Å². The van der Waals surface area contributed by atoms with E-state index in [9.17, 15) is 17.6 Å². The van der Waals surface area contributed by atoms with Gasteiger partial charge in [-0.25, -0.2) is 17.8 Å². The number of sulfonamides is 1. The lowest BCUT2D eigenvalue weighted by Crippen LogP contribution is -2.30. The zero-order valence-corrected chi connectivity index (χ0v) is 18.9. The van der Waals surface area contributed by atoms with Gasteiger partial charge in [-0.1, -0.05) is 26.0 Å². The first kappa shape index (κ1) is 23.4. The molecule has 1 N–H and O–H groups in total. The Bertz CT molecular complexity index is 1230. The second-order valence-corrected chi connectivity index (χ2v) is 8.93. The molecule has 0 aliphatic heterocycles. The first-order valence-corrected chi connectivity index (χ1v) is 11.6. The summed E-state index contributed by atoms with van der Waals surface area (Å²) in [4.78, 5) is 16.5. The molecule has 1 heterocycles. The third kappa shape index (κ3) is 5.12. The van der Waals surface area contributed by atoms with E-state index in [-0.39, 0.29) is 4.90 Å². The maximum absolute atomic E-state index is 14.5. The number of nitrogens with one attached hydrogen (secondary N) is 1. The van der Waals surface area contributed by atoms with Crippen LogP contribution in [0.5, 0.6) is 0 Å². The van der Waals surface area contributed by atoms with Crippen molar-refractivity contribution in [2.75, 3.05) is 18.4 Å². The number of nitrogens with zero attached hydrogens (tertiary/aromatic N) is 3. The van der Waals surface area contributed by atoms with Crippen molar-refractivity contribution in [1.82, 2.24) is 13.9 Å². The van der Waals surface area contributed by atoms with Crippen LogP contribution in [-0.4, -0.2) is 41.3 Å². The molecule has 0 fully saturated rings. The highest BCUT2D eigenvalue weighted by atomic mass is 32.2. The number of benzene rings is 2. The maximum atomic E-state index is 14.5. The lowest BCUT2D eigenvalue weighted by atomic mass is 10.2. The van der Waals surface area contributed by atoms with Gasteiger partial charge in [-0.3, -0.25) is 4.79 Å². The molecule has 0 unspecified atom stereocenters. The summed E-state index contributed by atoms with van der Waals surface area (Å²) in [6, 6.07) is 10.7. The van der Waals surface area contributed by atoms with Gasteiger partial charge in [0, 0.05) is 37.2 Å². The SMILES string of the molecule is CCN(CC)S(=O)(=O)c1ccc(/C=C/C(=O)Nc2ccc(-n3ccnc3C)c(F)c2)cc1. The standard InChI is InChI=1S/C23H25FN4O3S/c1-4-27(5-2)32(30,31)20-10-6-18(7-11-20)8-13-23(29)26-19-9-12-22(21(24)16-19)28-15-14-25-17(28)3/h6-16H,4-5H2,1-3H3,(H,26,29)/b13-8+. The van der Waals surface area contributed by atoms with Gasteiger partial charge in [-0.15, -0.1) is 0 Å². The fourth-order valence-electron chi connectivity index (χ4n) is 3.23. The van der Waals surface area contributed by atoms with Gasteiger partial charge >= 0.3 is 0 Å². The fourth-order valence-corrected chi connectivity index (χ4v) is 4.69. The van der Waals surface area contributed by atoms with E-state index < -0.39 is 21.7 Å². The van der Waals surface area contributed by atoms with Crippen LogP contribution < -0.4 is 5.32 Å². The summed E-state index contributed by atoms with van der Waals surface area (Å²) in [6.45, 7) is 6.13. The summed E-state index contributed by atoms with van der Waals surface area (Å²) in [7, 11) is -3.53. The lowest BCUT2D eigenvalue weighted by molar-refractivity contribution is -0.111. The highest BCUT2D eigenvalue weighted by molar-refractivity contribution is 7.89. The van der Waals surface area contributed by atoms with E-state index >= 15 is 0 Å². The number of halogens is 1. The van der Waals surface area contributed by atoms with Gasteiger partial charge in [0.05, 0.1) is 10.6 Å². The number of anilines is 1. The molecule has 7 nitrogen and oxygen atoms in total. The zero-order valence-electron chi connectivity index (χ0n) is 18.1. The quantitative estimate of drug-likeness (QED) is 0.519. The molecule has 32 heavy (non-hydrogen) atoms. The topological polar surface area (TPSA) is 84.3 Å². The number of carbonyl (C=O) groups excluding carboxylic acids is 1. The van der Waals surface area contributed by atoms with E-state index in [1.54, 1.807) is 68.1 Å². The molecule has 1 amide bonds. The average Bonchev–Trinajstić information content (AvgIpc) is 3.19. The predicted octanol–water partition coefficient (Wildman–Crippen LogP) is 4.00. The van der Waals surface area contributed by atoms with Crippen LogP contribution in [0.2, 0.25) is 0 Å². The van der Waals surface area contributed by atoms with Crippen LogP contribution in [0.25, 0.3) is 11.8 Å². The summed E-state index contributed by atoms with van der Waals surface area (Å²) in [5.41, 5.74) is 1.32. The summed E-state index contributed by atoms with van der Waals surface area (Å²) in [5.74, 6) is -0.270. The molecule has 3 aromatic rings. The zero-order chi connectivity index (χ0) is 23.3. The number of amides is 1. The minimum absolute atomic E-state index is 0.200. The second kappa shape index (κ2) is 9.88. The van der Waals surface area contributed by atoms with Gasteiger partial charge < -0.3 is 9.88 Å². The second-order valence-electron chi connectivity index (χ2n) is 6.99. The number of hydrogen-bond acceptors (Lipinski definition) is 4. The molecule has 1 aromatic heterocycles. The third-order valence-electron chi connectivity index (χ3n) is 4.95. The largest absolute Gasteiger partial charge is 0.322 e. The Labute approximate surface area is 187 Å². The van der Waals surface area contributed by atoms with E-state index in [2.05, 4.69) is 10.3 Å². The third-order valence-corrected chi connectivity index (χ3v) is 7.02. The van der Waals surface area contributed by atoms with Crippen LogP contribution in [0.1, 0.15) is 25.2 Å². The number of aryl methyl sites for hydroxylation is 1. The predicted molar refractivity (Wildman–Crippen MR) is 122 cm³/mol. The van der Waals surface area contributed by atoms with Gasteiger partial charge in [0.25, 0.3) is 0 Å². The summed E-state index contributed by atoms with van der Waals surface area (Å²) < 4.78 is 42.5. The van der Waals surface area contributed by atoms with Crippen LogP contribution in [0, 0.1) is 12.7 Å². The first-order valence-electron chi connectivity index (χ1n) is 10.2. The Morgan fingerprint density at radius 1 is 1.16 bits per heavy atom. The Balaban J connectivity index is 1.67. The van der Waals surface area contributed by atoms with Gasteiger partial charge in [0.1, 0.15) is 11.6 Å². The van der Waals surface area contributed by atoms with Crippen molar-refractivity contribution in [2.24, 2.45) is 0 Å². The maximum Gasteiger partial charge on any atom is 0.248 e. The van der Waals surface area contributed by atoms with Crippen LogP contribution in [-0.2, 0) is 14.8 Å². The highest BCUT2D eigenvalue weighted by Crippen LogP contribution is 2.20. The molecular formula is C23H25FN4O3S. The minimum atomic E-state index is -3.53. The van der Waals surface area contributed by atoms with Gasteiger partial charge in [-0.05, 0) is 48.9 Å². The molecule has 0 saturated carbocycles. The lowest BCUT2D eigenvalue weighted by Gasteiger charge is -2.18. The molecule has 0 radical (unpaired) electrons. The van der Waals surface area contributed by atoms with Crippen molar-refractivity contribution in [3.05, 3.63) is 78.1 Å². The van der Waals surface area contributed by atoms with E-state index in [0.29, 0.717) is 35.9 Å². The fraction of sp³-hybridized carbons (Fsp3) is 0.217. The van der Waals surface area contributed by atoms with Crippen molar-refractivity contribution in [3.8, 4) is 5.69 Å². The Morgan fingerprint density at radius 3 is 2.41 bits per heavy atom. The summed E-state index contributed by atoms with van der Waals surface area (Å²) in [6.07, 6.45) is 6.11. The first-order chi connectivity index (χ1) is 15.3. The number of aromatic nitrogens is 2. The minimum Gasteiger partial charge on any atom is -0.322 e. The Hall–Kier alpha value is -3.30.